The topological polar surface area (TPSA) is 34.1 Å². The summed E-state index contributed by atoms with van der Waals surface area (Å²) in [6.45, 7) is 1.54. The van der Waals surface area contributed by atoms with Crippen LogP contribution in [0.25, 0.3) is 0 Å². The first-order valence-electron chi connectivity index (χ1n) is 3.72. The van der Waals surface area contributed by atoms with Crippen molar-refractivity contribution in [2.75, 3.05) is 0 Å². The number of rotatable bonds is 1. The highest BCUT2D eigenvalue weighted by Gasteiger charge is 2.65. The van der Waals surface area contributed by atoms with E-state index >= 15 is 0 Å². The summed E-state index contributed by atoms with van der Waals surface area (Å²) in [6, 6.07) is 0. The Balaban J connectivity index is 2.33. The summed E-state index contributed by atoms with van der Waals surface area (Å²) in [4.78, 5) is 22.2. The summed E-state index contributed by atoms with van der Waals surface area (Å²) < 4.78 is 0. The molecule has 0 bridgehead atoms. The molecule has 0 heterocycles. The number of hydrogen-bond donors (Lipinski definition) is 0. The molecular formula is C8H10O2. The minimum atomic E-state index is -0.458. The number of carbonyl (C=O) groups is 2. The lowest BCUT2D eigenvalue weighted by Crippen LogP contribution is -2.20. The van der Waals surface area contributed by atoms with E-state index in [-0.39, 0.29) is 11.6 Å². The predicted octanol–water partition coefficient (Wildman–Crippen LogP) is 0.945. The maximum atomic E-state index is 11.2. The number of carbonyl (C=O) groups excluding carboxylic acids is 2. The number of hydrogen-bond acceptors (Lipinski definition) is 2. The van der Waals surface area contributed by atoms with Gasteiger partial charge in [-0.3, -0.25) is 9.59 Å². The number of ketones is 2. The normalized spacial score (nSPS) is 43.3. The van der Waals surface area contributed by atoms with Gasteiger partial charge in [0.05, 0.1) is 5.41 Å². The second-order valence-electron chi connectivity index (χ2n) is 3.39. The zero-order valence-corrected chi connectivity index (χ0v) is 6.02. The molecule has 0 unspecified atom stereocenters. The molecule has 0 saturated heterocycles. The van der Waals surface area contributed by atoms with Gasteiger partial charge in [0, 0.05) is 6.42 Å². The van der Waals surface area contributed by atoms with Gasteiger partial charge in [-0.1, -0.05) is 0 Å². The standard InChI is InChI=1S/C8H10O2/c1-5(9)8-4-6(8)2-3-7(8)10/h6H,2-4H2,1H3/t6-,8-/m1/s1. The molecule has 0 aromatic rings. The molecule has 0 radical (unpaired) electrons. The fourth-order valence-corrected chi connectivity index (χ4v) is 2.18. The van der Waals surface area contributed by atoms with E-state index in [0.717, 1.165) is 12.8 Å². The number of fused-ring (bicyclic) bond motifs is 1. The molecule has 0 aliphatic heterocycles. The van der Waals surface area contributed by atoms with Crippen LogP contribution in [0.15, 0.2) is 0 Å². The molecule has 2 aliphatic carbocycles. The molecule has 0 spiro atoms. The Bertz CT molecular complexity index is 219. The van der Waals surface area contributed by atoms with Crippen LogP contribution in [0.3, 0.4) is 0 Å². The molecule has 2 nitrogen and oxygen atoms in total. The first kappa shape index (κ1) is 6.08. The van der Waals surface area contributed by atoms with Gasteiger partial charge in [0.25, 0.3) is 0 Å². The molecule has 2 fully saturated rings. The van der Waals surface area contributed by atoms with Crippen LogP contribution in [0.4, 0.5) is 0 Å². The van der Waals surface area contributed by atoms with Gasteiger partial charge in [-0.2, -0.15) is 0 Å². The zero-order valence-electron chi connectivity index (χ0n) is 6.02. The first-order valence-corrected chi connectivity index (χ1v) is 3.72. The maximum Gasteiger partial charge on any atom is 0.146 e. The molecule has 0 aromatic carbocycles. The summed E-state index contributed by atoms with van der Waals surface area (Å²) in [7, 11) is 0. The van der Waals surface area contributed by atoms with E-state index in [0.29, 0.717) is 12.3 Å². The molecule has 54 valence electrons. The molecule has 2 rings (SSSR count). The van der Waals surface area contributed by atoms with Gasteiger partial charge in [-0.15, -0.1) is 0 Å². The second-order valence-corrected chi connectivity index (χ2v) is 3.39. The lowest BCUT2D eigenvalue weighted by molar-refractivity contribution is -0.132. The highest BCUT2D eigenvalue weighted by Crippen LogP contribution is 2.61. The van der Waals surface area contributed by atoms with Crippen LogP contribution in [0, 0.1) is 11.3 Å². The third-order valence-electron chi connectivity index (χ3n) is 2.95. The molecule has 0 aromatic heterocycles. The lowest BCUT2D eigenvalue weighted by atomic mass is 9.98. The van der Waals surface area contributed by atoms with Crippen LogP contribution in [0.5, 0.6) is 0 Å². The molecule has 0 N–H and O–H groups in total. The van der Waals surface area contributed by atoms with Gasteiger partial charge in [0.15, 0.2) is 0 Å². The van der Waals surface area contributed by atoms with Gasteiger partial charge in [0.2, 0.25) is 0 Å². The minimum absolute atomic E-state index is 0.0972. The van der Waals surface area contributed by atoms with Crippen molar-refractivity contribution >= 4 is 11.6 Å². The van der Waals surface area contributed by atoms with Gasteiger partial charge in [-0.05, 0) is 25.7 Å². The Hall–Kier alpha value is -0.660. The van der Waals surface area contributed by atoms with Gasteiger partial charge in [-0.25, -0.2) is 0 Å². The zero-order chi connectivity index (χ0) is 7.35. The Morgan fingerprint density at radius 3 is 2.60 bits per heavy atom. The third-order valence-corrected chi connectivity index (χ3v) is 2.95. The quantitative estimate of drug-likeness (QED) is 0.505. The van der Waals surface area contributed by atoms with Gasteiger partial charge in [0.1, 0.15) is 11.6 Å². The average molecular weight is 138 g/mol. The highest BCUT2D eigenvalue weighted by atomic mass is 16.2. The fourth-order valence-electron chi connectivity index (χ4n) is 2.18. The Kier molecular flexibility index (Phi) is 0.908. The first-order chi connectivity index (χ1) is 4.68. The highest BCUT2D eigenvalue weighted by molar-refractivity contribution is 6.11. The molecule has 2 heteroatoms. The summed E-state index contributed by atoms with van der Waals surface area (Å²) >= 11 is 0. The molecular weight excluding hydrogens is 128 g/mol. The van der Waals surface area contributed by atoms with Crippen molar-refractivity contribution in [3.05, 3.63) is 0 Å². The van der Waals surface area contributed by atoms with E-state index in [2.05, 4.69) is 0 Å². The van der Waals surface area contributed by atoms with Crippen LogP contribution >= 0.6 is 0 Å². The van der Waals surface area contributed by atoms with Crippen molar-refractivity contribution in [2.24, 2.45) is 11.3 Å². The largest absolute Gasteiger partial charge is 0.299 e. The minimum Gasteiger partial charge on any atom is -0.299 e. The van der Waals surface area contributed by atoms with Crippen molar-refractivity contribution < 1.29 is 9.59 Å². The maximum absolute atomic E-state index is 11.2. The average Bonchev–Trinajstić information content (AvgIpc) is 2.52. The molecule has 2 aliphatic rings. The van der Waals surface area contributed by atoms with E-state index in [1.165, 1.54) is 0 Å². The van der Waals surface area contributed by atoms with E-state index in [9.17, 15) is 9.59 Å². The molecule has 2 atom stereocenters. The molecule has 2 saturated carbocycles. The Morgan fingerprint density at radius 1 is 1.70 bits per heavy atom. The predicted molar refractivity (Wildman–Crippen MR) is 35.5 cm³/mol. The van der Waals surface area contributed by atoms with E-state index in [4.69, 9.17) is 0 Å². The summed E-state index contributed by atoms with van der Waals surface area (Å²) in [5.41, 5.74) is -0.458. The summed E-state index contributed by atoms with van der Waals surface area (Å²) in [6.07, 6.45) is 2.45. The molecule has 0 amide bonds. The van der Waals surface area contributed by atoms with Crippen molar-refractivity contribution in [3.8, 4) is 0 Å². The number of Topliss-reactive ketones (excluding diaryl/α,β-unsaturated/α-hetero) is 2. The lowest BCUT2D eigenvalue weighted by Gasteiger charge is -2.02. The van der Waals surface area contributed by atoms with E-state index in [1.807, 2.05) is 0 Å². The van der Waals surface area contributed by atoms with Gasteiger partial charge < -0.3 is 0 Å². The SMILES string of the molecule is CC(=O)[C@]12C[C@H]1CCC2=O. The summed E-state index contributed by atoms with van der Waals surface area (Å²) in [5, 5.41) is 0. The van der Waals surface area contributed by atoms with Crippen LogP contribution in [0.2, 0.25) is 0 Å². The van der Waals surface area contributed by atoms with Gasteiger partial charge >= 0.3 is 0 Å². The van der Waals surface area contributed by atoms with Crippen LogP contribution in [0.1, 0.15) is 26.2 Å². The molecule has 10 heavy (non-hydrogen) atoms. The van der Waals surface area contributed by atoms with Crippen LogP contribution in [-0.4, -0.2) is 11.6 Å². The van der Waals surface area contributed by atoms with Crippen molar-refractivity contribution in [3.63, 3.8) is 0 Å². The van der Waals surface area contributed by atoms with Crippen molar-refractivity contribution in [2.45, 2.75) is 26.2 Å². The fraction of sp³-hybridized carbons (Fsp3) is 0.750. The van der Waals surface area contributed by atoms with E-state index in [1.54, 1.807) is 6.92 Å². The van der Waals surface area contributed by atoms with Crippen molar-refractivity contribution in [1.82, 2.24) is 0 Å². The Labute approximate surface area is 59.6 Å². The van der Waals surface area contributed by atoms with Crippen LogP contribution in [-0.2, 0) is 9.59 Å². The monoisotopic (exact) mass is 138 g/mol. The van der Waals surface area contributed by atoms with Crippen molar-refractivity contribution in [1.29, 1.82) is 0 Å². The second kappa shape index (κ2) is 1.49. The summed E-state index contributed by atoms with van der Waals surface area (Å²) in [5.74, 6) is 0.725. The van der Waals surface area contributed by atoms with Crippen LogP contribution < -0.4 is 0 Å². The van der Waals surface area contributed by atoms with E-state index < -0.39 is 5.41 Å². The Morgan fingerprint density at radius 2 is 2.40 bits per heavy atom. The third kappa shape index (κ3) is 0.459. The smallest absolute Gasteiger partial charge is 0.146 e.